The van der Waals surface area contributed by atoms with Gasteiger partial charge in [-0.25, -0.2) is 0 Å². The van der Waals surface area contributed by atoms with Gasteiger partial charge in [0.05, 0.1) is 5.52 Å². The topological polar surface area (TPSA) is 73.1 Å². The van der Waals surface area contributed by atoms with Crippen molar-refractivity contribution in [3.05, 3.63) is 18.2 Å². The Morgan fingerprint density at radius 3 is 2.63 bits per heavy atom. The highest BCUT2D eigenvalue weighted by Crippen LogP contribution is 2.23. The van der Waals surface area contributed by atoms with Crippen molar-refractivity contribution in [1.29, 1.82) is 0 Å². The molecule has 0 fully saturated rings. The number of aryl methyl sites for hydroxylation is 1. The van der Waals surface area contributed by atoms with Crippen LogP contribution in [0.25, 0.3) is 10.9 Å². The third kappa shape index (κ3) is 2.98. The van der Waals surface area contributed by atoms with Crippen molar-refractivity contribution >= 4 is 22.4 Å². The molecule has 0 amide bonds. The van der Waals surface area contributed by atoms with Crippen LogP contribution in [-0.4, -0.2) is 34.3 Å². The molecule has 0 atom stereocenters. The average molecular weight is 261 g/mol. The molecule has 2 rings (SSSR count). The van der Waals surface area contributed by atoms with Crippen LogP contribution >= 0.6 is 0 Å². The highest BCUT2D eigenvalue weighted by Gasteiger charge is 2.08. The summed E-state index contributed by atoms with van der Waals surface area (Å²) in [5.41, 5.74) is 13.5. The summed E-state index contributed by atoms with van der Waals surface area (Å²) in [5.74, 6) is 0.560. The molecule has 0 unspecified atom stereocenters. The first-order chi connectivity index (χ1) is 9.15. The zero-order chi connectivity index (χ0) is 13.8. The molecule has 1 heterocycles. The second-order valence-electron chi connectivity index (χ2n) is 4.77. The first-order valence-electron chi connectivity index (χ1n) is 6.89. The molecule has 0 saturated carbocycles. The Hall–Kier alpha value is -1.75. The van der Waals surface area contributed by atoms with Crippen LogP contribution in [-0.2, 0) is 6.54 Å². The molecule has 5 heteroatoms. The molecule has 1 aromatic carbocycles. The summed E-state index contributed by atoms with van der Waals surface area (Å²) in [4.78, 5) is 2.41. The van der Waals surface area contributed by atoms with Crippen LogP contribution in [0.3, 0.4) is 0 Å². The molecule has 0 saturated heterocycles. The smallest absolute Gasteiger partial charge is 0.153 e. The molecule has 0 aliphatic rings. The van der Waals surface area contributed by atoms with Crippen molar-refractivity contribution < 1.29 is 0 Å². The van der Waals surface area contributed by atoms with E-state index >= 15 is 0 Å². The molecule has 104 valence electrons. The van der Waals surface area contributed by atoms with Crippen molar-refractivity contribution in [2.45, 2.75) is 26.8 Å². The van der Waals surface area contributed by atoms with E-state index in [1.807, 2.05) is 22.9 Å². The van der Waals surface area contributed by atoms with Crippen molar-refractivity contribution in [3.8, 4) is 0 Å². The van der Waals surface area contributed by atoms with Gasteiger partial charge in [0.1, 0.15) is 0 Å². The first kappa shape index (κ1) is 13.7. The van der Waals surface area contributed by atoms with Gasteiger partial charge < -0.3 is 16.4 Å². The van der Waals surface area contributed by atoms with Gasteiger partial charge in [0, 0.05) is 17.6 Å². The maximum absolute atomic E-state index is 5.93. The Balaban J connectivity index is 2.09. The van der Waals surface area contributed by atoms with Gasteiger partial charge in [-0.2, -0.15) is 5.10 Å². The second kappa shape index (κ2) is 5.93. The summed E-state index contributed by atoms with van der Waals surface area (Å²) in [7, 11) is 0. The fourth-order valence-corrected chi connectivity index (χ4v) is 2.38. The van der Waals surface area contributed by atoms with Gasteiger partial charge >= 0.3 is 0 Å². The number of hydrogen-bond acceptors (Lipinski definition) is 4. The fraction of sp³-hybridized carbons (Fsp3) is 0.500. The molecule has 1 aromatic heterocycles. The van der Waals surface area contributed by atoms with Crippen molar-refractivity contribution in [2.75, 3.05) is 31.1 Å². The lowest BCUT2D eigenvalue weighted by molar-refractivity contribution is 0.292. The molecular weight excluding hydrogens is 238 g/mol. The van der Waals surface area contributed by atoms with Crippen LogP contribution in [0.2, 0.25) is 0 Å². The standard InChI is InChI=1S/C14H23N5/c1-3-18(4-2)8-5-9-19-13-7-6-11(15)10-12(13)14(16)17-19/h6-7,10H,3-5,8-9,15H2,1-2H3,(H2,16,17). The number of nitrogens with zero attached hydrogens (tertiary/aromatic N) is 3. The van der Waals surface area contributed by atoms with Crippen LogP contribution < -0.4 is 11.5 Å². The number of nitrogens with two attached hydrogens (primary N) is 2. The van der Waals surface area contributed by atoms with E-state index in [0.29, 0.717) is 5.82 Å². The van der Waals surface area contributed by atoms with E-state index in [2.05, 4.69) is 23.8 Å². The summed E-state index contributed by atoms with van der Waals surface area (Å²) >= 11 is 0. The average Bonchev–Trinajstić information content (AvgIpc) is 2.71. The zero-order valence-electron chi connectivity index (χ0n) is 11.8. The lowest BCUT2D eigenvalue weighted by atomic mass is 10.2. The molecule has 0 spiro atoms. The predicted molar refractivity (Wildman–Crippen MR) is 81.0 cm³/mol. The molecule has 2 aromatic rings. The quantitative estimate of drug-likeness (QED) is 0.779. The van der Waals surface area contributed by atoms with E-state index in [-0.39, 0.29) is 0 Å². The van der Waals surface area contributed by atoms with Crippen molar-refractivity contribution in [2.24, 2.45) is 0 Å². The minimum atomic E-state index is 0.560. The maximum Gasteiger partial charge on any atom is 0.153 e. The molecule has 4 N–H and O–H groups in total. The Kier molecular flexibility index (Phi) is 4.27. The SMILES string of the molecule is CCN(CC)CCCn1nc(N)c2cc(N)ccc21. The number of nitrogen functional groups attached to an aromatic ring is 2. The van der Waals surface area contributed by atoms with Gasteiger partial charge in [0.2, 0.25) is 0 Å². The minimum absolute atomic E-state index is 0.560. The fourth-order valence-electron chi connectivity index (χ4n) is 2.38. The van der Waals surface area contributed by atoms with Crippen LogP contribution in [0.15, 0.2) is 18.2 Å². The Morgan fingerprint density at radius 2 is 1.95 bits per heavy atom. The lowest BCUT2D eigenvalue weighted by Gasteiger charge is -2.17. The lowest BCUT2D eigenvalue weighted by Crippen LogP contribution is -2.25. The maximum atomic E-state index is 5.93. The van der Waals surface area contributed by atoms with Gasteiger partial charge in [-0.3, -0.25) is 4.68 Å². The minimum Gasteiger partial charge on any atom is -0.399 e. The Morgan fingerprint density at radius 1 is 1.21 bits per heavy atom. The normalized spacial score (nSPS) is 11.5. The predicted octanol–water partition coefficient (Wildman–Crippen LogP) is 1.93. The van der Waals surface area contributed by atoms with Gasteiger partial charge in [-0.1, -0.05) is 13.8 Å². The highest BCUT2D eigenvalue weighted by atomic mass is 15.3. The Labute approximate surface area is 114 Å². The summed E-state index contributed by atoms with van der Waals surface area (Å²) in [6.45, 7) is 8.53. The molecule has 0 aliphatic heterocycles. The van der Waals surface area contributed by atoms with Crippen molar-refractivity contribution in [3.63, 3.8) is 0 Å². The van der Waals surface area contributed by atoms with Gasteiger partial charge in [-0.15, -0.1) is 0 Å². The number of rotatable bonds is 6. The van der Waals surface area contributed by atoms with Gasteiger partial charge in [-0.05, 0) is 44.3 Å². The van der Waals surface area contributed by atoms with E-state index in [1.165, 1.54) is 0 Å². The van der Waals surface area contributed by atoms with Crippen LogP contribution in [0.4, 0.5) is 11.5 Å². The summed E-state index contributed by atoms with van der Waals surface area (Å²) in [5, 5.41) is 5.35. The number of fused-ring (bicyclic) bond motifs is 1. The number of hydrogen-bond donors (Lipinski definition) is 2. The van der Waals surface area contributed by atoms with E-state index < -0.39 is 0 Å². The molecule has 19 heavy (non-hydrogen) atoms. The molecule has 0 radical (unpaired) electrons. The van der Waals surface area contributed by atoms with E-state index in [4.69, 9.17) is 11.5 Å². The second-order valence-corrected chi connectivity index (χ2v) is 4.77. The monoisotopic (exact) mass is 261 g/mol. The first-order valence-corrected chi connectivity index (χ1v) is 6.89. The summed E-state index contributed by atoms with van der Waals surface area (Å²) in [6, 6.07) is 5.77. The number of benzene rings is 1. The summed E-state index contributed by atoms with van der Waals surface area (Å²) in [6.07, 6.45) is 1.07. The van der Waals surface area contributed by atoms with E-state index in [9.17, 15) is 0 Å². The third-order valence-corrected chi connectivity index (χ3v) is 3.54. The highest BCUT2D eigenvalue weighted by molar-refractivity contribution is 5.91. The number of anilines is 2. The third-order valence-electron chi connectivity index (χ3n) is 3.54. The van der Waals surface area contributed by atoms with Crippen molar-refractivity contribution in [1.82, 2.24) is 14.7 Å². The van der Waals surface area contributed by atoms with Crippen LogP contribution in [0.1, 0.15) is 20.3 Å². The molecular formula is C14H23N5. The molecule has 0 bridgehead atoms. The van der Waals surface area contributed by atoms with Gasteiger partial charge in [0.25, 0.3) is 0 Å². The molecule has 0 aliphatic carbocycles. The van der Waals surface area contributed by atoms with E-state index in [1.54, 1.807) is 0 Å². The van der Waals surface area contributed by atoms with Crippen LogP contribution in [0, 0.1) is 0 Å². The number of aromatic nitrogens is 2. The van der Waals surface area contributed by atoms with E-state index in [0.717, 1.165) is 49.2 Å². The van der Waals surface area contributed by atoms with Gasteiger partial charge in [0.15, 0.2) is 5.82 Å². The molecule has 5 nitrogen and oxygen atoms in total. The summed E-state index contributed by atoms with van der Waals surface area (Å²) < 4.78 is 1.98. The Bertz CT molecular complexity index is 542. The largest absolute Gasteiger partial charge is 0.399 e. The van der Waals surface area contributed by atoms with Crippen LogP contribution in [0.5, 0.6) is 0 Å². The zero-order valence-corrected chi connectivity index (χ0v) is 11.8.